The van der Waals surface area contributed by atoms with Crippen LogP contribution in [0.25, 0.3) is 0 Å². The summed E-state index contributed by atoms with van der Waals surface area (Å²) in [7, 11) is 0. The SMILES string of the molecule is FC(CCCl)c1ccccc1. The minimum atomic E-state index is -0.909. The lowest BCUT2D eigenvalue weighted by molar-refractivity contribution is 0.336. The Morgan fingerprint density at radius 1 is 1.27 bits per heavy atom. The van der Waals surface area contributed by atoms with Crippen LogP contribution in [-0.4, -0.2) is 5.88 Å². The lowest BCUT2D eigenvalue weighted by Gasteiger charge is -2.04. The van der Waals surface area contributed by atoms with Crippen LogP contribution in [0.4, 0.5) is 4.39 Å². The minimum absolute atomic E-state index is 0.371. The van der Waals surface area contributed by atoms with Gasteiger partial charge in [0, 0.05) is 5.88 Å². The second-order valence-electron chi connectivity index (χ2n) is 2.36. The van der Waals surface area contributed by atoms with Gasteiger partial charge in [-0.15, -0.1) is 11.6 Å². The molecule has 0 aromatic heterocycles. The highest BCUT2D eigenvalue weighted by Gasteiger charge is 2.06. The Morgan fingerprint density at radius 2 is 1.91 bits per heavy atom. The molecule has 1 atom stereocenters. The summed E-state index contributed by atoms with van der Waals surface area (Å²) >= 11 is 5.41. The van der Waals surface area contributed by atoms with Crippen molar-refractivity contribution < 1.29 is 4.39 Å². The first-order chi connectivity index (χ1) is 5.34. The molecule has 2 heteroatoms. The molecule has 0 spiro atoms. The Morgan fingerprint density at radius 3 is 2.45 bits per heavy atom. The normalized spacial score (nSPS) is 12.9. The lowest BCUT2D eigenvalue weighted by Crippen LogP contribution is -1.91. The minimum Gasteiger partial charge on any atom is -0.242 e. The van der Waals surface area contributed by atoms with Gasteiger partial charge in [-0.3, -0.25) is 0 Å². The van der Waals surface area contributed by atoms with E-state index in [9.17, 15) is 4.39 Å². The molecule has 0 saturated heterocycles. The summed E-state index contributed by atoms with van der Waals surface area (Å²) in [6, 6.07) is 9.08. The zero-order chi connectivity index (χ0) is 8.10. The fourth-order valence-electron chi connectivity index (χ4n) is 0.924. The zero-order valence-electron chi connectivity index (χ0n) is 6.13. The van der Waals surface area contributed by atoms with Gasteiger partial charge in [0.1, 0.15) is 6.17 Å². The molecule has 60 valence electrons. The molecular weight excluding hydrogens is 163 g/mol. The molecule has 1 rings (SSSR count). The van der Waals surface area contributed by atoms with E-state index in [0.717, 1.165) is 0 Å². The molecule has 0 radical (unpaired) electrons. The highest BCUT2D eigenvalue weighted by molar-refractivity contribution is 6.17. The van der Waals surface area contributed by atoms with Crippen molar-refractivity contribution in [3.63, 3.8) is 0 Å². The van der Waals surface area contributed by atoms with E-state index in [1.807, 2.05) is 18.2 Å². The molecule has 0 aliphatic heterocycles. The number of hydrogen-bond donors (Lipinski definition) is 0. The average Bonchev–Trinajstić information content (AvgIpc) is 2.07. The number of benzene rings is 1. The summed E-state index contributed by atoms with van der Waals surface area (Å²) in [6.45, 7) is 0. The molecule has 0 amide bonds. The van der Waals surface area contributed by atoms with Crippen LogP contribution in [-0.2, 0) is 0 Å². The van der Waals surface area contributed by atoms with Gasteiger partial charge in [-0.1, -0.05) is 30.3 Å². The monoisotopic (exact) mass is 172 g/mol. The first kappa shape index (κ1) is 8.54. The third-order valence-electron chi connectivity index (χ3n) is 1.52. The van der Waals surface area contributed by atoms with Gasteiger partial charge in [0.05, 0.1) is 0 Å². The van der Waals surface area contributed by atoms with Crippen LogP contribution < -0.4 is 0 Å². The molecule has 1 aromatic rings. The molecule has 0 nitrogen and oxygen atoms in total. The number of hydrogen-bond acceptors (Lipinski definition) is 0. The van der Waals surface area contributed by atoms with Gasteiger partial charge >= 0.3 is 0 Å². The van der Waals surface area contributed by atoms with Gasteiger partial charge in [0.25, 0.3) is 0 Å². The Labute approximate surface area is 71.0 Å². The summed E-state index contributed by atoms with van der Waals surface area (Å²) in [5.74, 6) is 0.371. The second-order valence-corrected chi connectivity index (χ2v) is 2.73. The zero-order valence-corrected chi connectivity index (χ0v) is 6.89. The Hall–Kier alpha value is -0.560. The molecule has 0 aliphatic carbocycles. The van der Waals surface area contributed by atoms with E-state index in [4.69, 9.17) is 11.6 Å². The average molecular weight is 173 g/mol. The summed E-state index contributed by atoms with van der Waals surface area (Å²) < 4.78 is 13.1. The van der Waals surface area contributed by atoms with Crippen LogP contribution in [0.15, 0.2) is 30.3 Å². The van der Waals surface area contributed by atoms with E-state index in [0.29, 0.717) is 17.9 Å². The fraction of sp³-hybridized carbons (Fsp3) is 0.333. The maximum absolute atomic E-state index is 13.1. The molecule has 0 bridgehead atoms. The van der Waals surface area contributed by atoms with Crippen LogP contribution in [0.3, 0.4) is 0 Å². The van der Waals surface area contributed by atoms with Crippen molar-refractivity contribution in [2.24, 2.45) is 0 Å². The Bertz CT molecular complexity index is 198. The van der Waals surface area contributed by atoms with Crippen molar-refractivity contribution in [2.75, 3.05) is 5.88 Å². The lowest BCUT2D eigenvalue weighted by atomic mass is 10.1. The maximum atomic E-state index is 13.1. The first-order valence-corrected chi connectivity index (χ1v) is 4.13. The maximum Gasteiger partial charge on any atom is 0.126 e. The predicted octanol–water partition coefficient (Wildman–Crippen LogP) is 3.33. The summed E-state index contributed by atoms with van der Waals surface area (Å²) in [4.78, 5) is 0. The van der Waals surface area contributed by atoms with Crippen molar-refractivity contribution in [3.8, 4) is 0 Å². The molecule has 0 saturated carbocycles. The van der Waals surface area contributed by atoms with Crippen LogP contribution in [0, 0.1) is 0 Å². The molecular formula is C9H10ClF. The van der Waals surface area contributed by atoms with E-state index < -0.39 is 6.17 Å². The predicted molar refractivity (Wildman–Crippen MR) is 45.6 cm³/mol. The van der Waals surface area contributed by atoms with Gasteiger partial charge in [-0.25, -0.2) is 4.39 Å². The Balaban J connectivity index is 2.61. The first-order valence-electron chi connectivity index (χ1n) is 3.59. The molecule has 0 heterocycles. The van der Waals surface area contributed by atoms with E-state index >= 15 is 0 Å². The van der Waals surface area contributed by atoms with Gasteiger partial charge in [-0.2, -0.15) is 0 Å². The van der Waals surface area contributed by atoms with Crippen molar-refractivity contribution >= 4 is 11.6 Å². The van der Waals surface area contributed by atoms with Crippen LogP contribution in [0.2, 0.25) is 0 Å². The third kappa shape index (κ3) is 2.51. The molecule has 1 unspecified atom stereocenters. The highest BCUT2D eigenvalue weighted by atomic mass is 35.5. The van der Waals surface area contributed by atoms with E-state index in [1.54, 1.807) is 12.1 Å². The third-order valence-corrected chi connectivity index (χ3v) is 1.74. The van der Waals surface area contributed by atoms with Gasteiger partial charge < -0.3 is 0 Å². The summed E-state index contributed by atoms with van der Waals surface area (Å²) in [5, 5.41) is 0. The van der Waals surface area contributed by atoms with Crippen LogP contribution in [0.5, 0.6) is 0 Å². The topological polar surface area (TPSA) is 0 Å². The highest BCUT2D eigenvalue weighted by Crippen LogP contribution is 2.20. The fourth-order valence-corrected chi connectivity index (χ4v) is 1.12. The van der Waals surface area contributed by atoms with Crippen LogP contribution in [0.1, 0.15) is 18.2 Å². The van der Waals surface area contributed by atoms with Gasteiger partial charge in [0.2, 0.25) is 0 Å². The largest absolute Gasteiger partial charge is 0.242 e. The van der Waals surface area contributed by atoms with Gasteiger partial charge in [-0.05, 0) is 12.0 Å². The summed E-state index contributed by atoms with van der Waals surface area (Å²) in [6.07, 6.45) is -0.514. The van der Waals surface area contributed by atoms with E-state index in [-0.39, 0.29) is 0 Å². The van der Waals surface area contributed by atoms with Crippen molar-refractivity contribution in [2.45, 2.75) is 12.6 Å². The molecule has 0 aliphatic rings. The number of rotatable bonds is 3. The molecule has 0 N–H and O–H groups in total. The van der Waals surface area contributed by atoms with E-state index in [2.05, 4.69) is 0 Å². The number of alkyl halides is 2. The molecule has 11 heavy (non-hydrogen) atoms. The summed E-state index contributed by atoms with van der Waals surface area (Å²) in [5.41, 5.74) is 0.716. The van der Waals surface area contributed by atoms with Crippen molar-refractivity contribution in [1.82, 2.24) is 0 Å². The van der Waals surface area contributed by atoms with Crippen molar-refractivity contribution in [3.05, 3.63) is 35.9 Å². The second kappa shape index (κ2) is 4.35. The smallest absolute Gasteiger partial charge is 0.126 e. The standard InChI is InChI=1S/C9H10ClF/c10-7-6-9(11)8-4-2-1-3-5-8/h1-5,9H,6-7H2. The van der Waals surface area contributed by atoms with Gasteiger partial charge in [0.15, 0.2) is 0 Å². The quantitative estimate of drug-likeness (QED) is 0.614. The Kier molecular flexibility index (Phi) is 3.37. The molecule has 0 fully saturated rings. The van der Waals surface area contributed by atoms with Crippen LogP contribution >= 0.6 is 11.6 Å². The van der Waals surface area contributed by atoms with E-state index in [1.165, 1.54) is 0 Å². The molecule has 1 aromatic carbocycles. The number of halogens is 2. The van der Waals surface area contributed by atoms with Crippen molar-refractivity contribution in [1.29, 1.82) is 0 Å².